The fraction of sp³-hybridized carbons (Fsp3) is 0.250. The maximum absolute atomic E-state index is 9.81. The third-order valence-electron chi connectivity index (χ3n) is 2.95. The van der Waals surface area contributed by atoms with E-state index in [9.17, 15) is 5.11 Å². The van der Waals surface area contributed by atoms with E-state index in [1.807, 2.05) is 56.3 Å². The average molecular weight is 257 g/mol. The molecule has 0 heterocycles. The van der Waals surface area contributed by atoms with Gasteiger partial charge >= 0.3 is 0 Å². The Kier molecular flexibility index (Phi) is 4.29. The van der Waals surface area contributed by atoms with E-state index in [1.165, 1.54) is 0 Å². The van der Waals surface area contributed by atoms with Crippen LogP contribution in [0.25, 0.3) is 0 Å². The first-order valence-corrected chi connectivity index (χ1v) is 6.48. The first kappa shape index (κ1) is 13.3. The molecule has 0 aliphatic carbocycles. The van der Waals surface area contributed by atoms with Crippen molar-refractivity contribution in [3.05, 3.63) is 54.1 Å². The topological polar surface area (TPSA) is 41.5 Å². The van der Waals surface area contributed by atoms with Crippen LogP contribution in [-0.4, -0.2) is 11.7 Å². The van der Waals surface area contributed by atoms with Gasteiger partial charge in [-0.2, -0.15) is 0 Å². The Morgan fingerprint density at radius 2 is 1.79 bits per heavy atom. The molecule has 2 aromatic rings. The van der Waals surface area contributed by atoms with Crippen LogP contribution in [0.15, 0.2) is 48.5 Å². The molecule has 0 bridgehead atoms. The van der Waals surface area contributed by atoms with Gasteiger partial charge in [0.2, 0.25) is 0 Å². The third-order valence-corrected chi connectivity index (χ3v) is 2.95. The summed E-state index contributed by atoms with van der Waals surface area (Å²) in [6, 6.07) is 15.2. The first-order chi connectivity index (χ1) is 9.20. The molecule has 0 aliphatic heterocycles. The van der Waals surface area contributed by atoms with E-state index >= 15 is 0 Å². The first-order valence-electron chi connectivity index (χ1n) is 6.48. The van der Waals surface area contributed by atoms with Crippen molar-refractivity contribution in [2.45, 2.75) is 19.9 Å². The zero-order chi connectivity index (χ0) is 13.7. The number of benzene rings is 2. The molecule has 2 aromatic carbocycles. The summed E-state index contributed by atoms with van der Waals surface area (Å²) in [5.74, 6) is 1.18. The van der Waals surface area contributed by atoms with Crippen LogP contribution < -0.4 is 10.1 Å². The maximum Gasteiger partial charge on any atom is 0.120 e. The lowest BCUT2D eigenvalue weighted by Gasteiger charge is -2.17. The Morgan fingerprint density at radius 3 is 2.42 bits per heavy atom. The molecule has 100 valence electrons. The SMILES string of the molecule is CCOc1ccc(NC(C)c2ccccc2O)cc1. The Morgan fingerprint density at radius 1 is 1.11 bits per heavy atom. The summed E-state index contributed by atoms with van der Waals surface area (Å²) in [4.78, 5) is 0. The molecular formula is C16H19NO2. The second-order valence-corrected chi connectivity index (χ2v) is 4.38. The largest absolute Gasteiger partial charge is 0.508 e. The van der Waals surface area contributed by atoms with Crippen LogP contribution in [0.1, 0.15) is 25.5 Å². The van der Waals surface area contributed by atoms with Gasteiger partial charge in [-0.1, -0.05) is 18.2 Å². The van der Waals surface area contributed by atoms with Crippen LogP contribution in [0.4, 0.5) is 5.69 Å². The third kappa shape index (κ3) is 3.41. The van der Waals surface area contributed by atoms with E-state index in [0.717, 1.165) is 17.0 Å². The van der Waals surface area contributed by atoms with Gasteiger partial charge in [-0.25, -0.2) is 0 Å². The molecule has 2 rings (SSSR count). The molecule has 0 aromatic heterocycles. The van der Waals surface area contributed by atoms with Crippen LogP contribution in [-0.2, 0) is 0 Å². The summed E-state index contributed by atoms with van der Waals surface area (Å²) >= 11 is 0. The molecule has 0 saturated carbocycles. The highest BCUT2D eigenvalue weighted by Crippen LogP contribution is 2.27. The summed E-state index contributed by atoms with van der Waals surface area (Å²) in [6.45, 7) is 4.65. The predicted octanol–water partition coefficient (Wildman–Crippen LogP) is 3.96. The van der Waals surface area contributed by atoms with Crippen molar-refractivity contribution < 1.29 is 9.84 Å². The second kappa shape index (κ2) is 6.14. The summed E-state index contributed by atoms with van der Waals surface area (Å²) < 4.78 is 5.40. The lowest BCUT2D eigenvalue weighted by molar-refractivity contribution is 0.340. The Labute approximate surface area is 113 Å². The smallest absolute Gasteiger partial charge is 0.120 e. The Bertz CT molecular complexity index is 523. The van der Waals surface area contributed by atoms with Crippen molar-refractivity contribution in [1.29, 1.82) is 0 Å². The van der Waals surface area contributed by atoms with Crippen LogP contribution in [0.2, 0.25) is 0 Å². The van der Waals surface area contributed by atoms with Crippen molar-refractivity contribution in [2.24, 2.45) is 0 Å². The Balaban J connectivity index is 2.06. The molecule has 0 aliphatic rings. The number of nitrogens with one attached hydrogen (secondary N) is 1. The molecule has 1 atom stereocenters. The van der Waals surface area contributed by atoms with E-state index < -0.39 is 0 Å². The van der Waals surface area contributed by atoms with Gasteiger partial charge in [-0.05, 0) is 44.2 Å². The van der Waals surface area contributed by atoms with Crippen LogP contribution >= 0.6 is 0 Å². The molecule has 2 N–H and O–H groups in total. The van der Waals surface area contributed by atoms with Crippen LogP contribution in [0, 0.1) is 0 Å². The minimum Gasteiger partial charge on any atom is -0.508 e. The van der Waals surface area contributed by atoms with Crippen molar-refractivity contribution >= 4 is 5.69 Å². The zero-order valence-corrected chi connectivity index (χ0v) is 11.3. The van der Waals surface area contributed by atoms with E-state index in [-0.39, 0.29) is 6.04 Å². The van der Waals surface area contributed by atoms with Gasteiger partial charge < -0.3 is 15.2 Å². The highest BCUT2D eigenvalue weighted by atomic mass is 16.5. The molecule has 19 heavy (non-hydrogen) atoms. The number of aromatic hydroxyl groups is 1. The van der Waals surface area contributed by atoms with E-state index in [1.54, 1.807) is 6.07 Å². The van der Waals surface area contributed by atoms with Crippen molar-refractivity contribution in [2.75, 3.05) is 11.9 Å². The van der Waals surface area contributed by atoms with Gasteiger partial charge in [-0.3, -0.25) is 0 Å². The summed E-state index contributed by atoms with van der Waals surface area (Å²) in [5, 5.41) is 13.2. The van der Waals surface area contributed by atoms with Crippen LogP contribution in [0.5, 0.6) is 11.5 Å². The highest BCUT2D eigenvalue weighted by molar-refractivity contribution is 5.49. The number of ether oxygens (including phenoxy) is 1. The number of rotatable bonds is 5. The van der Waals surface area contributed by atoms with Gasteiger partial charge in [-0.15, -0.1) is 0 Å². The lowest BCUT2D eigenvalue weighted by atomic mass is 10.1. The monoisotopic (exact) mass is 257 g/mol. The summed E-state index contributed by atoms with van der Waals surface area (Å²) in [6.07, 6.45) is 0. The molecule has 0 saturated heterocycles. The van der Waals surface area contributed by atoms with Crippen molar-refractivity contribution in [3.63, 3.8) is 0 Å². The number of para-hydroxylation sites is 1. The summed E-state index contributed by atoms with van der Waals surface area (Å²) in [5.41, 5.74) is 1.88. The Hall–Kier alpha value is -2.16. The normalized spacial score (nSPS) is 11.9. The fourth-order valence-electron chi connectivity index (χ4n) is 2.00. The second-order valence-electron chi connectivity index (χ2n) is 4.38. The van der Waals surface area contributed by atoms with E-state index in [4.69, 9.17) is 4.74 Å². The average Bonchev–Trinajstić information content (AvgIpc) is 2.42. The summed E-state index contributed by atoms with van der Waals surface area (Å²) in [7, 11) is 0. The number of hydrogen-bond acceptors (Lipinski definition) is 3. The van der Waals surface area contributed by atoms with Gasteiger partial charge in [0.25, 0.3) is 0 Å². The number of hydrogen-bond donors (Lipinski definition) is 2. The van der Waals surface area contributed by atoms with Gasteiger partial charge in [0.05, 0.1) is 12.6 Å². The molecule has 1 unspecified atom stereocenters. The standard InChI is InChI=1S/C16H19NO2/c1-3-19-14-10-8-13(9-11-14)17-12(2)15-6-4-5-7-16(15)18/h4-12,17-18H,3H2,1-2H3. The minimum absolute atomic E-state index is 0.0409. The molecule has 3 nitrogen and oxygen atoms in total. The lowest BCUT2D eigenvalue weighted by Crippen LogP contribution is -2.06. The van der Waals surface area contributed by atoms with Gasteiger partial charge in [0.1, 0.15) is 11.5 Å². The number of phenols is 1. The van der Waals surface area contributed by atoms with Crippen molar-refractivity contribution in [3.8, 4) is 11.5 Å². The quantitative estimate of drug-likeness (QED) is 0.851. The van der Waals surface area contributed by atoms with Gasteiger partial charge in [0.15, 0.2) is 0 Å². The molecule has 0 fully saturated rings. The fourth-order valence-corrected chi connectivity index (χ4v) is 2.00. The molecule has 3 heteroatoms. The molecule has 0 amide bonds. The van der Waals surface area contributed by atoms with E-state index in [0.29, 0.717) is 12.4 Å². The maximum atomic E-state index is 9.81. The van der Waals surface area contributed by atoms with Crippen LogP contribution in [0.3, 0.4) is 0 Å². The molecule has 0 spiro atoms. The minimum atomic E-state index is 0.0409. The number of phenolic OH excluding ortho intramolecular Hbond substituents is 1. The molecular weight excluding hydrogens is 238 g/mol. The predicted molar refractivity (Wildman–Crippen MR) is 77.8 cm³/mol. The van der Waals surface area contributed by atoms with Gasteiger partial charge in [0, 0.05) is 11.3 Å². The molecule has 0 radical (unpaired) electrons. The number of anilines is 1. The zero-order valence-electron chi connectivity index (χ0n) is 11.3. The highest BCUT2D eigenvalue weighted by Gasteiger charge is 2.09. The van der Waals surface area contributed by atoms with Crippen molar-refractivity contribution in [1.82, 2.24) is 0 Å². The van der Waals surface area contributed by atoms with E-state index in [2.05, 4.69) is 5.32 Å².